The van der Waals surface area contributed by atoms with Crippen molar-refractivity contribution in [2.75, 3.05) is 7.11 Å². The molecule has 0 aliphatic heterocycles. The highest BCUT2D eigenvalue weighted by atomic mass is 19.1. The van der Waals surface area contributed by atoms with Crippen LogP contribution in [-0.4, -0.2) is 7.11 Å². The Balaban J connectivity index is 3.36. The van der Waals surface area contributed by atoms with Crippen molar-refractivity contribution in [3.63, 3.8) is 0 Å². The zero-order valence-corrected chi connectivity index (χ0v) is 6.40. The molecule has 0 spiro atoms. The van der Waals surface area contributed by atoms with Gasteiger partial charge in [0.1, 0.15) is 5.82 Å². The Morgan fingerprint density at radius 3 is 2.58 bits per heavy atom. The van der Waals surface area contributed by atoms with Crippen molar-refractivity contribution in [1.82, 2.24) is 0 Å². The van der Waals surface area contributed by atoms with Crippen LogP contribution in [-0.2, 0) is 0 Å². The van der Waals surface area contributed by atoms with Gasteiger partial charge in [0, 0.05) is 6.07 Å². The van der Waals surface area contributed by atoms with Crippen LogP contribution in [0.5, 0.6) is 5.75 Å². The van der Waals surface area contributed by atoms with Crippen LogP contribution in [0, 0.1) is 24.0 Å². The highest BCUT2D eigenvalue weighted by molar-refractivity contribution is 5.45. The molecular formula is C9H6F2O. The summed E-state index contributed by atoms with van der Waals surface area (Å²) in [5.41, 5.74) is 0.0787. The Labute approximate surface area is 69.0 Å². The van der Waals surface area contributed by atoms with Crippen LogP contribution in [0.1, 0.15) is 5.56 Å². The minimum absolute atomic E-state index is 0.0787. The van der Waals surface area contributed by atoms with Crippen LogP contribution < -0.4 is 4.74 Å². The summed E-state index contributed by atoms with van der Waals surface area (Å²) in [6.45, 7) is 0. The highest BCUT2D eigenvalue weighted by Gasteiger charge is 2.09. The molecular weight excluding hydrogens is 162 g/mol. The first-order valence-corrected chi connectivity index (χ1v) is 3.18. The minimum atomic E-state index is -0.787. The summed E-state index contributed by atoms with van der Waals surface area (Å²) in [5, 5.41) is 0. The lowest BCUT2D eigenvalue weighted by Gasteiger charge is -2.03. The Bertz CT molecular complexity index is 339. The predicted octanol–water partition coefficient (Wildman–Crippen LogP) is 1.95. The maximum absolute atomic E-state index is 12.8. The second-order valence-electron chi connectivity index (χ2n) is 2.11. The van der Waals surface area contributed by atoms with Crippen LogP contribution >= 0.6 is 0 Å². The van der Waals surface area contributed by atoms with Gasteiger partial charge in [-0.1, -0.05) is 5.92 Å². The third-order valence-corrected chi connectivity index (χ3v) is 1.37. The third kappa shape index (κ3) is 1.37. The quantitative estimate of drug-likeness (QED) is 0.582. The van der Waals surface area contributed by atoms with Gasteiger partial charge in [0.15, 0.2) is 11.6 Å². The van der Waals surface area contributed by atoms with Crippen molar-refractivity contribution in [3.8, 4) is 18.1 Å². The number of halogens is 2. The molecule has 0 radical (unpaired) electrons. The molecule has 0 bridgehead atoms. The largest absolute Gasteiger partial charge is 0.492 e. The van der Waals surface area contributed by atoms with E-state index in [4.69, 9.17) is 6.42 Å². The van der Waals surface area contributed by atoms with Crippen LogP contribution in [0.3, 0.4) is 0 Å². The molecule has 0 saturated heterocycles. The van der Waals surface area contributed by atoms with E-state index >= 15 is 0 Å². The molecule has 0 aliphatic rings. The summed E-state index contributed by atoms with van der Waals surface area (Å²) < 4.78 is 30.0. The molecule has 62 valence electrons. The van der Waals surface area contributed by atoms with Crippen molar-refractivity contribution >= 4 is 0 Å². The van der Waals surface area contributed by atoms with E-state index in [1.165, 1.54) is 7.11 Å². The van der Waals surface area contributed by atoms with Gasteiger partial charge in [-0.15, -0.1) is 6.42 Å². The SMILES string of the molecule is C#Cc1cc(F)cc(F)c1OC. The Kier molecular flexibility index (Phi) is 2.29. The van der Waals surface area contributed by atoms with Gasteiger partial charge in [0.2, 0.25) is 0 Å². The van der Waals surface area contributed by atoms with Gasteiger partial charge in [-0.05, 0) is 6.07 Å². The monoisotopic (exact) mass is 168 g/mol. The smallest absolute Gasteiger partial charge is 0.170 e. The van der Waals surface area contributed by atoms with Crippen LogP contribution in [0.15, 0.2) is 12.1 Å². The Hall–Kier alpha value is -1.56. The Morgan fingerprint density at radius 2 is 2.08 bits per heavy atom. The normalized spacial score (nSPS) is 9.17. The molecule has 0 aliphatic carbocycles. The molecule has 1 nitrogen and oxygen atoms in total. The van der Waals surface area contributed by atoms with E-state index in [0.29, 0.717) is 0 Å². The van der Waals surface area contributed by atoms with Gasteiger partial charge < -0.3 is 4.74 Å². The molecule has 1 rings (SSSR count). The van der Waals surface area contributed by atoms with Crippen LogP contribution in [0.4, 0.5) is 8.78 Å². The molecule has 0 unspecified atom stereocenters. The molecule has 0 amide bonds. The summed E-state index contributed by atoms with van der Waals surface area (Å²) in [6, 6.07) is 1.77. The number of terminal acetylenes is 1. The number of rotatable bonds is 1. The highest BCUT2D eigenvalue weighted by Crippen LogP contribution is 2.22. The average Bonchev–Trinajstić information content (AvgIpc) is 2.03. The first kappa shape index (κ1) is 8.54. The number of hydrogen-bond donors (Lipinski definition) is 0. The zero-order valence-electron chi connectivity index (χ0n) is 6.40. The van der Waals surface area contributed by atoms with Crippen molar-refractivity contribution < 1.29 is 13.5 Å². The number of ether oxygens (including phenoxy) is 1. The molecule has 0 atom stereocenters. The van der Waals surface area contributed by atoms with E-state index in [0.717, 1.165) is 12.1 Å². The van der Waals surface area contributed by atoms with Gasteiger partial charge in [-0.3, -0.25) is 0 Å². The summed E-state index contributed by atoms with van der Waals surface area (Å²) in [6.07, 6.45) is 5.00. The maximum atomic E-state index is 12.8. The summed E-state index contributed by atoms with van der Waals surface area (Å²) in [5.74, 6) is 0.531. The summed E-state index contributed by atoms with van der Waals surface area (Å²) in [4.78, 5) is 0. The molecule has 1 aromatic carbocycles. The lowest BCUT2D eigenvalue weighted by Crippen LogP contribution is -1.93. The van der Waals surface area contributed by atoms with Crippen molar-refractivity contribution in [2.24, 2.45) is 0 Å². The fourth-order valence-corrected chi connectivity index (χ4v) is 0.875. The average molecular weight is 168 g/mol. The molecule has 0 heterocycles. The molecule has 0 N–H and O–H groups in total. The van der Waals surface area contributed by atoms with E-state index in [2.05, 4.69) is 10.7 Å². The van der Waals surface area contributed by atoms with Gasteiger partial charge >= 0.3 is 0 Å². The number of benzene rings is 1. The molecule has 1 aromatic rings. The topological polar surface area (TPSA) is 9.23 Å². The van der Waals surface area contributed by atoms with Crippen molar-refractivity contribution in [3.05, 3.63) is 29.3 Å². The lowest BCUT2D eigenvalue weighted by atomic mass is 10.2. The first-order valence-electron chi connectivity index (χ1n) is 3.18. The second-order valence-corrected chi connectivity index (χ2v) is 2.11. The Morgan fingerprint density at radius 1 is 1.42 bits per heavy atom. The van der Waals surface area contributed by atoms with E-state index in [1.807, 2.05) is 0 Å². The van der Waals surface area contributed by atoms with Gasteiger partial charge in [-0.2, -0.15) is 0 Å². The van der Waals surface area contributed by atoms with Crippen molar-refractivity contribution in [2.45, 2.75) is 0 Å². The first-order chi connectivity index (χ1) is 5.69. The predicted molar refractivity (Wildman–Crippen MR) is 40.8 cm³/mol. The van der Waals surface area contributed by atoms with Gasteiger partial charge in [0.05, 0.1) is 12.7 Å². The molecule has 3 heteroatoms. The molecule has 0 aromatic heterocycles. The minimum Gasteiger partial charge on any atom is -0.492 e. The van der Waals surface area contributed by atoms with E-state index in [9.17, 15) is 8.78 Å². The fraction of sp³-hybridized carbons (Fsp3) is 0.111. The number of hydrogen-bond acceptors (Lipinski definition) is 1. The molecule has 0 saturated carbocycles. The summed E-state index contributed by atoms with van der Waals surface area (Å²) in [7, 11) is 1.27. The third-order valence-electron chi connectivity index (χ3n) is 1.37. The van der Waals surface area contributed by atoms with Gasteiger partial charge in [-0.25, -0.2) is 8.78 Å². The maximum Gasteiger partial charge on any atom is 0.170 e. The van der Waals surface area contributed by atoms with E-state index in [1.54, 1.807) is 0 Å². The van der Waals surface area contributed by atoms with Crippen LogP contribution in [0.25, 0.3) is 0 Å². The van der Waals surface area contributed by atoms with E-state index < -0.39 is 11.6 Å². The van der Waals surface area contributed by atoms with Gasteiger partial charge in [0.25, 0.3) is 0 Å². The van der Waals surface area contributed by atoms with E-state index in [-0.39, 0.29) is 11.3 Å². The summed E-state index contributed by atoms with van der Waals surface area (Å²) >= 11 is 0. The number of methoxy groups -OCH3 is 1. The lowest BCUT2D eigenvalue weighted by molar-refractivity contribution is 0.383. The second kappa shape index (κ2) is 3.22. The standard InChI is InChI=1S/C9H6F2O/c1-3-6-4-7(10)5-8(11)9(6)12-2/h1,4-5H,2H3. The fourth-order valence-electron chi connectivity index (χ4n) is 0.875. The molecule has 12 heavy (non-hydrogen) atoms. The van der Waals surface area contributed by atoms with Crippen molar-refractivity contribution in [1.29, 1.82) is 0 Å². The molecule has 0 fully saturated rings. The zero-order chi connectivity index (χ0) is 9.14. The van der Waals surface area contributed by atoms with Crippen LogP contribution in [0.2, 0.25) is 0 Å².